The van der Waals surface area contributed by atoms with Gasteiger partial charge >= 0.3 is 0 Å². The number of hydrogen-bond donors (Lipinski definition) is 1. The van der Waals surface area contributed by atoms with Gasteiger partial charge in [-0.2, -0.15) is 0 Å². The minimum Gasteiger partial charge on any atom is -0.370 e. The molecule has 0 amide bonds. The molecule has 110 valence electrons. The maximum Gasteiger partial charge on any atom is 0.134 e. The Morgan fingerprint density at radius 3 is 2.81 bits per heavy atom. The average Bonchev–Trinajstić information content (AvgIpc) is 3.02. The lowest BCUT2D eigenvalue weighted by Crippen LogP contribution is -2.19. The highest BCUT2D eigenvalue weighted by Crippen LogP contribution is 2.19. The van der Waals surface area contributed by atoms with E-state index in [0.717, 1.165) is 42.7 Å². The molecule has 2 aromatic rings. The Morgan fingerprint density at radius 2 is 2.00 bits per heavy atom. The van der Waals surface area contributed by atoms with E-state index in [9.17, 15) is 0 Å². The lowest BCUT2D eigenvalue weighted by atomic mass is 10.1. The fraction of sp³-hybridized carbons (Fsp3) is 0.375. The summed E-state index contributed by atoms with van der Waals surface area (Å²) < 4.78 is 0. The van der Waals surface area contributed by atoms with Crippen molar-refractivity contribution in [3.05, 3.63) is 47.2 Å². The molecule has 1 aromatic carbocycles. The lowest BCUT2D eigenvalue weighted by molar-refractivity contribution is 0.923. The minimum atomic E-state index is 0.783. The van der Waals surface area contributed by atoms with Crippen molar-refractivity contribution < 1.29 is 0 Å². The molecule has 4 nitrogen and oxygen atoms in total. The molecule has 0 radical (unpaired) electrons. The van der Waals surface area contributed by atoms with Crippen LogP contribution in [-0.4, -0.2) is 29.6 Å². The van der Waals surface area contributed by atoms with Gasteiger partial charge in [0.05, 0.1) is 0 Å². The summed E-state index contributed by atoms with van der Waals surface area (Å²) in [6, 6.07) is 9.99. The van der Waals surface area contributed by atoms with Crippen LogP contribution >= 0.6 is 11.6 Å². The molecule has 0 bridgehead atoms. The van der Waals surface area contributed by atoms with E-state index in [1.54, 1.807) is 6.33 Å². The third kappa shape index (κ3) is 3.85. The van der Waals surface area contributed by atoms with Crippen molar-refractivity contribution in [1.82, 2.24) is 9.97 Å². The Morgan fingerprint density at radius 1 is 1.14 bits per heavy atom. The average molecular weight is 303 g/mol. The topological polar surface area (TPSA) is 41.0 Å². The zero-order chi connectivity index (χ0) is 14.5. The first kappa shape index (κ1) is 14.1. The number of rotatable bonds is 5. The van der Waals surface area contributed by atoms with Gasteiger partial charge in [-0.25, -0.2) is 9.97 Å². The normalized spacial score (nSPS) is 14.4. The molecule has 1 fully saturated rings. The van der Waals surface area contributed by atoms with Gasteiger partial charge in [0.1, 0.15) is 18.0 Å². The molecular formula is C16H19ClN4. The van der Waals surface area contributed by atoms with Crippen LogP contribution in [-0.2, 0) is 6.42 Å². The van der Waals surface area contributed by atoms with Crippen molar-refractivity contribution in [2.24, 2.45) is 0 Å². The van der Waals surface area contributed by atoms with Crippen molar-refractivity contribution in [2.45, 2.75) is 19.3 Å². The van der Waals surface area contributed by atoms with E-state index in [-0.39, 0.29) is 0 Å². The zero-order valence-electron chi connectivity index (χ0n) is 11.9. The lowest BCUT2D eigenvalue weighted by Gasteiger charge is -2.16. The number of nitrogens with zero attached hydrogens (tertiary/aromatic N) is 3. The maximum atomic E-state index is 5.99. The summed E-state index contributed by atoms with van der Waals surface area (Å²) in [5.74, 6) is 1.90. The second kappa shape index (κ2) is 6.76. The monoisotopic (exact) mass is 302 g/mol. The van der Waals surface area contributed by atoms with Crippen LogP contribution in [0.3, 0.4) is 0 Å². The molecular weight excluding hydrogens is 284 g/mol. The Balaban J connectivity index is 1.56. The SMILES string of the molecule is Clc1cccc(CCNc2cc(N3CCCC3)ncn2)c1. The van der Waals surface area contributed by atoms with Crippen LogP contribution < -0.4 is 10.2 Å². The molecule has 1 aliphatic rings. The summed E-state index contributed by atoms with van der Waals surface area (Å²) in [5.41, 5.74) is 1.23. The largest absolute Gasteiger partial charge is 0.370 e. The molecule has 5 heteroatoms. The molecule has 1 saturated heterocycles. The van der Waals surface area contributed by atoms with Crippen molar-refractivity contribution in [1.29, 1.82) is 0 Å². The summed E-state index contributed by atoms with van der Waals surface area (Å²) in [4.78, 5) is 11.0. The van der Waals surface area contributed by atoms with Gasteiger partial charge < -0.3 is 10.2 Å². The number of benzene rings is 1. The fourth-order valence-corrected chi connectivity index (χ4v) is 2.80. The third-order valence-corrected chi connectivity index (χ3v) is 3.93. The second-order valence-electron chi connectivity index (χ2n) is 5.26. The van der Waals surface area contributed by atoms with Crippen LogP contribution in [0.25, 0.3) is 0 Å². The van der Waals surface area contributed by atoms with E-state index in [0.29, 0.717) is 0 Å². The zero-order valence-corrected chi connectivity index (χ0v) is 12.7. The molecule has 2 heterocycles. The van der Waals surface area contributed by atoms with Gasteiger partial charge in [0, 0.05) is 30.7 Å². The summed E-state index contributed by atoms with van der Waals surface area (Å²) >= 11 is 5.99. The third-order valence-electron chi connectivity index (χ3n) is 3.69. The van der Waals surface area contributed by atoms with E-state index in [1.165, 1.54) is 18.4 Å². The summed E-state index contributed by atoms with van der Waals surface area (Å²) in [6.07, 6.45) is 5.06. The quantitative estimate of drug-likeness (QED) is 0.919. The Hall–Kier alpha value is -1.81. The predicted molar refractivity (Wildman–Crippen MR) is 87.1 cm³/mol. The van der Waals surface area contributed by atoms with Gasteiger partial charge in [-0.05, 0) is 37.0 Å². The van der Waals surface area contributed by atoms with Gasteiger partial charge in [-0.15, -0.1) is 0 Å². The van der Waals surface area contributed by atoms with E-state index in [2.05, 4.69) is 26.3 Å². The van der Waals surface area contributed by atoms with Gasteiger partial charge in [0.25, 0.3) is 0 Å². The van der Waals surface area contributed by atoms with Crippen LogP contribution in [0, 0.1) is 0 Å². The van der Waals surface area contributed by atoms with Crippen molar-refractivity contribution in [3.8, 4) is 0 Å². The van der Waals surface area contributed by atoms with Crippen molar-refractivity contribution >= 4 is 23.2 Å². The van der Waals surface area contributed by atoms with E-state index in [4.69, 9.17) is 11.6 Å². The summed E-state index contributed by atoms with van der Waals surface area (Å²) in [6.45, 7) is 3.02. The first-order valence-corrected chi connectivity index (χ1v) is 7.74. The molecule has 0 spiro atoms. The number of nitrogens with one attached hydrogen (secondary N) is 1. The molecule has 0 atom stereocenters. The molecule has 0 unspecified atom stereocenters. The number of anilines is 2. The van der Waals surface area contributed by atoms with E-state index < -0.39 is 0 Å². The van der Waals surface area contributed by atoms with E-state index in [1.807, 2.05) is 24.3 Å². The summed E-state index contributed by atoms with van der Waals surface area (Å²) in [7, 11) is 0. The highest BCUT2D eigenvalue weighted by molar-refractivity contribution is 6.30. The molecule has 21 heavy (non-hydrogen) atoms. The Labute approximate surface area is 130 Å². The number of hydrogen-bond acceptors (Lipinski definition) is 4. The van der Waals surface area contributed by atoms with Gasteiger partial charge in [-0.3, -0.25) is 0 Å². The van der Waals surface area contributed by atoms with Gasteiger partial charge in [0.2, 0.25) is 0 Å². The molecule has 1 aromatic heterocycles. The fourth-order valence-electron chi connectivity index (χ4n) is 2.59. The smallest absolute Gasteiger partial charge is 0.134 e. The predicted octanol–water partition coefficient (Wildman–Crippen LogP) is 3.38. The summed E-state index contributed by atoms with van der Waals surface area (Å²) in [5, 5.41) is 4.14. The van der Waals surface area contributed by atoms with Crippen LogP contribution in [0.4, 0.5) is 11.6 Å². The number of halogens is 1. The van der Waals surface area contributed by atoms with Crippen LogP contribution in [0.1, 0.15) is 18.4 Å². The Kier molecular flexibility index (Phi) is 4.55. The molecule has 3 rings (SSSR count). The van der Waals surface area contributed by atoms with Crippen LogP contribution in [0.15, 0.2) is 36.7 Å². The highest BCUT2D eigenvalue weighted by atomic mass is 35.5. The highest BCUT2D eigenvalue weighted by Gasteiger charge is 2.13. The first-order chi connectivity index (χ1) is 10.3. The van der Waals surface area contributed by atoms with Crippen molar-refractivity contribution in [2.75, 3.05) is 29.9 Å². The second-order valence-corrected chi connectivity index (χ2v) is 5.70. The van der Waals surface area contributed by atoms with Crippen molar-refractivity contribution in [3.63, 3.8) is 0 Å². The van der Waals surface area contributed by atoms with E-state index >= 15 is 0 Å². The first-order valence-electron chi connectivity index (χ1n) is 7.36. The number of aromatic nitrogens is 2. The standard InChI is InChI=1S/C16H19ClN4/c17-14-5-3-4-13(10-14)6-7-18-15-11-16(20-12-19-15)21-8-1-2-9-21/h3-5,10-12H,1-2,6-9H2,(H,18,19,20). The maximum absolute atomic E-state index is 5.99. The molecule has 1 N–H and O–H groups in total. The molecule has 0 saturated carbocycles. The van der Waals surface area contributed by atoms with Crippen LogP contribution in [0.2, 0.25) is 5.02 Å². The minimum absolute atomic E-state index is 0.783. The molecule has 0 aliphatic carbocycles. The Bertz CT molecular complexity index is 596. The van der Waals surface area contributed by atoms with Gasteiger partial charge in [0.15, 0.2) is 0 Å². The van der Waals surface area contributed by atoms with Crippen LogP contribution in [0.5, 0.6) is 0 Å². The van der Waals surface area contributed by atoms with Gasteiger partial charge in [-0.1, -0.05) is 23.7 Å². The molecule has 1 aliphatic heterocycles.